The molecule has 0 saturated heterocycles. The first-order chi connectivity index (χ1) is 51.8. The molecule has 15 rings (SSSR count). The van der Waals surface area contributed by atoms with E-state index in [1.807, 2.05) is 177 Å². The summed E-state index contributed by atoms with van der Waals surface area (Å²) in [4.78, 5) is 25.4. The van der Waals surface area contributed by atoms with Crippen LogP contribution in [0.25, 0.3) is 84.0 Å². The van der Waals surface area contributed by atoms with Crippen LogP contribution in [0.4, 0.5) is 28.4 Å². The smallest absolute Gasteiger partial charge is 0.203 e. The van der Waals surface area contributed by atoms with E-state index in [9.17, 15) is 10.2 Å². The van der Waals surface area contributed by atoms with Crippen molar-refractivity contribution in [2.24, 2.45) is 10.9 Å². The standard InChI is InChI=1S/C21H21N2O2.C21H18N2O.C20H19N2O2.C10H16N2O2.C10H15NO.C6H7N/c1-3-23(10-11-24)15-8-9-18-19(13-15)25-20-12-14(2)16-6-4-5-7-17(16)21(20)22-18;1-4-23(5-2)15-10-11-18-19(13-15)24-20-12-14(3)16-8-6-7-9-17(16)21(20)22-18;1-2-22(11-12-23)15-8-9-17-19(13-15)24-18-10-7-14-5-3-4-6-16(14)20(18)21-17;1-2-12(7-8-13)9-3-5-10(14-11)6-4-9;1-2-11(8-9-12)10-6-4-3-5-7-10;7-6-4-2-1-3-5-6/h4-9,12-13,24H,3,10-11H2,1-2H3;4,6-13H,1,3,5H2,2H3;3-10,13,23H,2,11-12H2,1H3;3-6,13H,2,7-8,11H2,1H3;3-7,12H,2,8-9H2,1H3;1-5H,7H2/q+1;;+1;;;. The van der Waals surface area contributed by atoms with Crippen molar-refractivity contribution in [1.29, 1.82) is 0 Å². The summed E-state index contributed by atoms with van der Waals surface area (Å²) >= 11 is 0. The lowest BCUT2D eigenvalue weighted by atomic mass is 10.0. The number of nitrogen functional groups attached to an aromatic ring is 1. The summed E-state index contributed by atoms with van der Waals surface area (Å²) in [5.41, 5.74) is 16.5. The molecule has 0 fully saturated rings. The minimum absolute atomic E-state index is 0.129. The lowest BCUT2D eigenvalue weighted by molar-refractivity contribution is 0.282. The SMILES string of the molecule is C=CN(CC)c1ccc2c(c1)Oc1cc(=C)c3ccccc3c1=N2.CCN(CCO)c1ccc(ON)cc1.CCN(CCO)c1ccccc1.CC[N+](CCO)=c1ccc2nc3c(cc(C)c4ccccc43)oc-2c1.CC[N+](CCO)=c1ccc2nc3c(ccc4ccccc43)oc-2c1.Nc1ccccc1. The fraction of sp³-hybridized carbons (Fsp3) is 0.216. The summed E-state index contributed by atoms with van der Waals surface area (Å²) in [5, 5.41) is 46.7. The van der Waals surface area contributed by atoms with Gasteiger partial charge >= 0.3 is 0 Å². The molecule has 0 aromatic heterocycles. The summed E-state index contributed by atoms with van der Waals surface area (Å²) < 4.78 is 22.7. The molecule has 10 aromatic carbocycles. The van der Waals surface area contributed by atoms with Crippen LogP contribution in [0.5, 0.6) is 17.2 Å². The number of nitrogens with zero attached hydrogens (tertiary/aromatic N) is 8. The van der Waals surface area contributed by atoms with E-state index in [1.165, 1.54) is 16.6 Å². The number of aliphatic hydroxyl groups is 4. The van der Waals surface area contributed by atoms with Crippen LogP contribution in [-0.4, -0.2) is 116 Å². The van der Waals surface area contributed by atoms with E-state index in [0.717, 1.165) is 160 Å². The number of para-hydroxylation sites is 2. The molecule has 0 radical (unpaired) electrons. The van der Waals surface area contributed by atoms with Gasteiger partial charge < -0.3 is 59.3 Å². The number of likely N-dealkylation sites (N-methyl/N-ethyl adjacent to an activating group) is 4. The molecule has 0 atom stereocenters. The van der Waals surface area contributed by atoms with E-state index in [4.69, 9.17) is 50.4 Å². The van der Waals surface area contributed by atoms with Gasteiger partial charge in [-0.1, -0.05) is 128 Å². The molecule has 544 valence electrons. The zero-order chi connectivity index (χ0) is 74.9. The Kier molecular flexibility index (Phi) is 27.6. The molecule has 106 heavy (non-hydrogen) atoms. The zero-order valence-electron chi connectivity index (χ0n) is 61.4. The molecule has 18 nitrogen and oxygen atoms in total. The van der Waals surface area contributed by atoms with Gasteiger partial charge in [0.1, 0.15) is 65.5 Å². The summed E-state index contributed by atoms with van der Waals surface area (Å²) in [5.74, 6) is 8.68. The number of aliphatic hydroxyl groups excluding tert-OH is 4. The van der Waals surface area contributed by atoms with Crippen LogP contribution in [0.1, 0.15) is 40.2 Å². The van der Waals surface area contributed by atoms with Gasteiger partial charge in [0.2, 0.25) is 10.7 Å². The van der Waals surface area contributed by atoms with E-state index in [1.54, 1.807) is 12.1 Å². The van der Waals surface area contributed by atoms with E-state index in [-0.39, 0.29) is 26.4 Å². The summed E-state index contributed by atoms with van der Waals surface area (Å²) in [6.07, 6.45) is 1.82. The Hall–Kier alpha value is -11.8. The zero-order valence-corrected chi connectivity index (χ0v) is 61.4. The number of benzene rings is 12. The molecule has 8 N–H and O–H groups in total. The van der Waals surface area contributed by atoms with Crippen molar-refractivity contribution in [1.82, 2.24) is 19.1 Å². The first-order valence-corrected chi connectivity index (χ1v) is 36.0. The molecule has 10 aromatic rings. The molecule has 0 saturated carbocycles. The van der Waals surface area contributed by atoms with E-state index in [2.05, 4.69) is 137 Å². The number of rotatable bonds is 18. The predicted octanol–water partition coefficient (Wildman–Crippen LogP) is 13.9. The molecule has 2 aliphatic carbocycles. The van der Waals surface area contributed by atoms with Crippen LogP contribution in [0.15, 0.2) is 263 Å². The Morgan fingerprint density at radius 2 is 1.01 bits per heavy atom. The third-order valence-corrected chi connectivity index (χ3v) is 18.2. The largest absolute Gasteiger partial charge is 0.453 e. The number of aryl methyl sites for hydroxylation is 1. The number of fused-ring (bicyclic) bond motifs is 12. The minimum atomic E-state index is 0.129. The lowest BCUT2D eigenvalue weighted by Gasteiger charge is -2.21. The lowest BCUT2D eigenvalue weighted by Crippen LogP contribution is -2.32. The van der Waals surface area contributed by atoms with Crippen LogP contribution in [-0.2, 0) is 0 Å². The average Bonchev–Trinajstić information content (AvgIpc) is 0.772. The van der Waals surface area contributed by atoms with Crippen molar-refractivity contribution in [3.05, 3.63) is 276 Å². The van der Waals surface area contributed by atoms with Crippen LogP contribution in [0.2, 0.25) is 0 Å². The molecule has 0 amide bonds. The number of hydrogen-bond acceptors (Lipinski definition) is 16. The Balaban J connectivity index is 0.000000142. The number of nitrogens with two attached hydrogens (primary N) is 2. The average molecular weight is 1420 g/mol. The van der Waals surface area contributed by atoms with Crippen molar-refractivity contribution in [3.63, 3.8) is 0 Å². The van der Waals surface area contributed by atoms with E-state index >= 15 is 0 Å². The number of hydrogen-bond donors (Lipinski definition) is 6. The first-order valence-electron chi connectivity index (χ1n) is 36.0. The van der Waals surface area contributed by atoms with Gasteiger partial charge in [-0.25, -0.2) is 24.1 Å². The Morgan fingerprint density at radius 1 is 0.491 bits per heavy atom. The maximum absolute atomic E-state index is 9.24. The Bertz CT molecular complexity index is 5420. The third kappa shape index (κ3) is 19.0. The van der Waals surface area contributed by atoms with Gasteiger partial charge in [0.05, 0.1) is 25.3 Å². The maximum Gasteiger partial charge on any atom is 0.203 e. The summed E-state index contributed by atoms with van der Waals surface area (Å²) in [6, 6.07) is 77.8. The van der Waals surface area contributed by atoms with Gasteiger partial charge in [-0.05, 0) is 166 Å². The quantitative estimate of drug-likeness (QED) is 0.0154. The molecule has 3 aliphatic heterocycles. The van der Waals surface area contributed by atoms with Crippen molar-refractivity contribution in [3.8, 4) is 40.2 Å². The van der Waals surface area contributed by atoms with Crippen molar-refractivity contribution >= 4 is 89.5 Å². The number of anilines is 4. The Labute approximate surface area is 618 Å². The molecule has 0 bridgehead atoms. The van der Waals surface area contributed by atoms with Crippen LogP contribution >= 0.6 is 0 Å². The molecule has 0 unspecified atom stereocenters. The monoisotopic (exact) mass is 1420 g/mol. The van der Waals surface area contributed by atoms with Gasteiger partial charge in [-0.15, -0.1) is 0 Å². The van der Waals surface area contributed by atoms with Crippen molar-refractivity contribution in [2.45, 2.75) is 41.5 Å². The normalized spacial score (nSPS) is 11.7. The van der Waals surface area contributed by atoms with Gasteiger partial charge in [-0.3, -0.25) is 0 Å². The fourth-order valence-electron chi connectivity index (χ4n) is 12.7. The molecular formula is C88H96N10O8+2. The van der Waals surface area contributed by atoms with Gasteiger partial charge in [0.25, 0.3) is 0 Å². The molecule has 3 heterocycles. The van der Waals surface area contributed by atoms with Crippen LogP contribution in [0.3, 0.4) is 0 Å². The van der Waals surface area contributed by atoms with Crippen molar-refractivity contribution < 1.29 is 38.8 Å². The highest BCUT2D eigenvalue weighted by Crippen LogP contribution is 2.38. The highest BCUT2D eigenvalue weighted by Gasteiger charge is 2.19. The highest BCUT2D eigenvalue weighted by atomic mass is 16.6. The highest BCUT2D eigenvalue weighted by molar-refractivity contribution is 6.06. The van der Waals surface area contributed by atoms with E-state index < -0.39 is 0 Å². The summed E-state index contributed by atoms with van der Waals surface area (Å²) in [6.45, 7) is 27.9. The minimum Gasteiger partial charge on any atom is -0.453 e. The predicted molar refractivity (Wildman–Crippen MR) is 435 cm³/mol. The molecule has 18 heteroatoms. The number of ether oxygens (including phenoxy) is 1. The molecule has 0 spiro atoms. The maximum atomic E-state index is 9.24. The van der Waals surface area contributed by atoms with Gasteiger partial charge in [-0.2, -0.15) is 5.90 Å². The van der Waals surface area contributed by atoms with E-state index in [0.29, 0.717) is 31.9 Å². The second-order valence-electron chi connectivity index (χ2n) is 24.8. The van der Waals surface area contributed by atoms with Gasteiger partial charge in [0, 0.05) is 89.8 Å². The fourth-order valence-corrected chi connectivity index (χ4v) is 12.7. The van der Waals surface area contributed by atoms with Gasteiger partial charge in [0.15, 0.2) is 47.3 Å². The third-order valence-electron chi connectivity index (χ3n) is 18.2. The molecule has 5 aliphatic rings. The van der Waals surface area contributed by atoms with Crippen LogP contribution in [0, 0.1) is 6.92 Å². The van der Waals surface area contributed by atoms with Crippen molar-refractivity contribution in [2.75, 3.05) is 106 Å². The number of aromatic nitrogens is 2. The Morgan fingerprint density at radius 3 is 1.55 bits per heavy atom. The summed E-state index contributed by atoms with van der Waals surface area (Å²) in [7, 11) is 0. The molecular weight excluding hydrogens is 1330 g/mol. The second kappa shape index (κ2) is 38.1. The first kappa shape index (κ1) is 76.9. The topological polar surface area (TPSA) is 232 Å². The second-order valence-corrected chi connectivity index (χ2v) is 24.8. The van der Waals surface area contributed by atoms with Crippen LogP contribution < -0.4 is 66.3 Å².